The summed E-state index contributed by atoms with van der Waals surface area (Å²) >= 11 is 3.55. The van der Waals surface area contributed by atoms with Gasteiger partial charge in [-0.1, -0.05) is 82.7 Å². The third-order valence-corrected chi connectivity index (χ3v) is 5.85. The van der Waals surface area contributed by atoms with E-state index in [9.17, 15) is 14.7 Å². The average molecular weight is 436 g/mol. The van der Waals surface area contributed by atoms with Crippen molar-refractivity contribution in [1.82, 2.24) is 4.90 Å². The van der Waals surface area contributed by atoms with Crippen LogP contribution >= 0.6 is 15.9 Å². The predicted molar refractivity (Wildman–Crippen MR) is 110 cm³/mol. The van der Waals surface area contributed by atoms with Crippen LogP contribution in [0.15, 0.2) is 83.3 Å². The quantitative estimate of drug-likeness (QED) is 0.625. The van der Waals surface area contributed by atoms with Gasteiger partial charge in [0.2, 0.25) is 0 Å². The molecule has 0 radical (unpaired) electrons. The number of carboxylic acids is 1. The average Bonchev–Trinajstić information content (AvgIpc) is 2.71. The fourth-order valence-corrected chi connectivity index (χ4v) is 4.39. The van der Waals surface area contributed by atoms with E-state index in [0.717, 1.165) is 15.6 Å². The van der Waals surface area contributed by atoms with Gasteiger partial charge in [0.05, 0.1) is 6.04 Å². The summed E-state index contributed by atoms with van der Waals surface area (Å²) in [4.78, 5) is 27.4. The van der Waals surface area contributed by atoms with E-state index in [1.807, 2.05) is 54.6 Å². The highest BCUT2D eigenvalue weighted by atomic mass is 79.9. The van der Waals surface area contributed by atoms with Crippen molar-refractivity contribution in [3.8, 4) is 0 Å². The van der Waals surface area contributed by atoms with Crippen molar-refractivity contribution in [3.05, 3.63) is 106 Å². The maximum absolute atomic E-state index is 13.4. The molecule has 1 amide bonds. The molecule has 2 atom stereocenters. The molecule has 3 aromatic carbocycles. The summed E-state index contributed by atoms with van der Waals surface area (Å²) in [5.74, 6) is -1.95. The molecule has 0 spiro atoms. The molecule has 4 rings (SSSR count). The van der Waals surface area contributed by atoms with Crippen LogP contribution in [-0.2, 0) is 11.3 Å². The van der Waals surface area contributed by atoms with Gasteiger partial charge in [0.15, 0.2) is 0 Å². The maximum Gasteiger partial charge on any atom is 0.313 e. The third-order valence-electron chi connectivity index (χ3n) is 5.12. The molecule has 0 aliphatic carbocycles. The molecular weight excluding hydrogens is 418 g/mol. The number of carbonyl (C=O) groups excluding carboxylic acids is 1. The second-order valence-corrected chi connectivity index (χ2v) is 7.64. The van der Waals surface area contributed by atoms with Gasteiger partial charge in [0.25, 0.3) is 5.91 Å². The lowest BCUT2D eigenvalue weighted by molar-refractivity contribution is -0.140. The van der Waals surface area contributed by atoms with Gasteiger partial charge in [-0.15, -0.1) is 0 Å². The molecule has 3 aromatic rings. The highest BCUT2D eigenvalue weighted by Crippen LogP contribution is 2.45. The van der Waals surface area contributed by atoms with E-state index in [-0.39, 0.29) is 5.91 Å². The van der Waals surface area contributed by atoms with Gasteiger partial charge in [0.1, 0.15) is 5.92 Å². The van der Waals surface area contributed by atoms with E-state index in [1.165, 1.54) is 0 Å². The predicted octanol–water partition coefficient (Wildman–Crippen LogP) is 5.01. The standard InChI is InChI=1S/C23H18BrNO3/c24-19-13-7-6-12-18(19)21-20(23(27)28)16-10-4-5-11-17(16)22(26)25(21)14-15-8-2-1-3-9-15/h1-13,20-21H,14H2,(H,27,28)/t20-,21-/m1/s1. The number of carbonyl (C=O) groups is 2. The van der Waals surface area contributed by atoms with Crippen molar-refractivity contribution in [1.29, 1.82) is 0 Å². The van der Waals surface area contributed by atoms with Crippen LogP contribution in [0.3, 0.4) is 0 Å². The molecule has 28 heavy (non-hydrogen) atoms. The molecule has 1 N–H and O–H groups in total. The zero-order valence-corrected chi connectivity index (χ0v) is 16.5. The maximum atomic E-state index is 13.4. The minimum atomic E-state index is -0.946. The number of fused-ring (bicyclic) bond motifs is 1. The van der Waals surface area contributed by atoms with Crippen LogP contribution in [0, 0.1) is 0 Å². The van der Waals surface area contributed by atoms with Crippen molar-refractivity contribution >= 4 is 27.8 Å². The van der Waals surface area contributed by atoms with Gasteiger partial charge < -0.3 is 10.0 Å². The van der Waals surface area contributed by atoms with Crippen LogP contribution < -0.4 is 0 Å². The number of hydrogen-bond acceptors (Lipinski definition) is 2. The lowest BCUT2D eigenvalue weighted by atomic mass is 9.79. The minimum absolute atomic E-state index is 0.155. The van der Waals surface area contributed by atoms with Crippen molar-refractivity contribution in [2.45, 2.75) is 18.5 Å². The molecule has 0 fully saturated rings. The van der Waals surface area contributed by atoms with Gasteiger partial charge in [-0.05, 0) is 28.8 Å². The summed E-state index contributed by atoms with van der Waals surface area (Å²) in [7, 11) is 0. The fourth-order valence-electron chi connectivity index (χ4n) is 3.87. The van der Waals surface area contributed by atoms with E-state index in [2.05, 4.69) is 15.9 Å². The number of rotatable bonds is 4. The van der Waals surface area contributed by atoms with Crippen LogP contribution in [-0.4, -0.2) is 21.9 Å². The molecule has 0 bridgehead atoms. The monoisotopic (exact) mass is 435 g/mol. The Morgan fingerprint density at radius 3 is 2.18 bits per heavy atom. The van der Waals surface area contributed by atoms with Crippen molar-refractivity contribution in [3.63, 3.8) is 0 Å². The Kier molecular flexibility index (Phi) is 5.01. The first kappa shape index (κ1) is 18.4. The summed E-state index contributed by atoms with van der Waals surface area (Å²) in [5.41, 5.74) is 2.75. The van der Waals surface area contributed by atoms with E-state index in [0.29, 0.717) is 17.7 Å². The Hall–Kier alpha value is -2.92. The van der Waals surface area contributed by atoms with Gasteiger partial charge in [-0.2, -0.15) is 0 Å². The first-order valence-electron chi connectivity index (χ1n) is 8.99. The molecule has 0 saturated carbocycles. The number of benzene rings is 3. The molecule has 4 nitrogen and oxygen atoms in total. The second kappa shape index (κ2) is 7.60. The number of halogens is 1. The highest BCUT2D eigenvalue weighted by Gasteiger charge is 2.44. The molecule has 0 unspecified atom stereocenters. The Morgan fingerprint density at radius 2 is 1.50 bits per heavy atom. The van der Waals surface area contributed by atoms with E-state index < -0.39 is 17.9 Å². The number of amides is 1. The van der Waals surface area contributed by atoms with Crippen molar-refractivity contribution in [2.24, 2.45) is 0 Å². The Balaban J connectivity index is 1.91. The smallest absolute Gasteiger partial charge is 0.313 e. The zero-order chi connectivity index (χ0) is 19.7. The Bertz CT molecular complexity index is 1030. The van der Waals surface area contributed by atoms with E-state index in [4.69, 9.17) is 0 Å². The molecule has 1 aliphatic rings. The zero-order valence-electron chi connectivity index (χ0n) is 15.0. The molecular formula is C23H18BrNO3. The fraction of sp³-hybridized carbons (Fsp3) is 0.130. The lowest BCUT2D eigenvalue weighted by Gasteiger charge is -2.41. The second-order valence-electron chi connectivity index (χ2n) is 6.79. The number of aliphatic carboxylic acids is 1. The van der Waals surface area contributed by atoms with Gasteiger partial charge in [-0.25, -0.2) is 0 Å². The topological polar surface area (TPSA) is 57.6 Å². The molecule has 140 valence electrons. The highest BCUT2D eigenvalue weighted by molar-refractivity contribution is 9.10. The normalized spacial score (nSPS) is 18.6. The summed E-state index contributed by atoms with van der Waals surface area (Å²) in [6, 6.07) is 23.5. The molecule has 1 aliphatic heterocycles. The van der Waals surface area contributed by atoms with Crippen molar-refractivity contribution in [2.75, 3.05) is 0 Å². The van der Waals surface area contributed by atoms with Gasteiger partial charge in [0, 0.05) is 16.6 Å². The first-order chi connectivity index (χ1) is 13.6. The van der Waals surface area contributed by atoms with E-state index in [1.54, 1.807) is 29.2 Å². The summed E-state index contributed by atoms with van der Waals surface area (Å²) in [6.45, 7) is 0.337. The van der Waals surface area contributed by atoms with Crippen molar-refractivity contribution < 1.29 is 14.7 Å². The molecule has 5 heteroatoms. The number of carboxylic acid groups (broad SMARTS) is 1. The van der Waals surface area contributed by atoms with Crippen LogP contribution in [0.4, 0.5) is 0 Å². The lowest BCUT2D eigenvalue weighted by Crippen LogP contribution is -2.44. The van der Waals surface area contributed by atoms with E-state index >= 15 is 0 Å². The number of hydrogen-bond donors (Lipinski definition) is 1. The number of nitrogens with zero attached hydrogens (tertiary/aromatic N) is 1. The molecule has 0 saturated heterocycles. The minimum Gasteiger partial charge on any atom is -0.481 e. The first-order valence-corrected chi connectivity index (χ1v) is 9.78. The summed E-state index contributed by atoms with van der Waals surface area (Å²) in [5, 5.41) is 10.1. The van der Waals surface area contributed by atoms with Crippen LogP contribution in [0.5, 0.6) is 0 Å². The molecule has 0 aromatic heterocycles. The van der Waals surface area contributed by atoms with Crippen LogP contribution in [0.2, 0.25) is 0 Å². The largest absolute Gasteiger partial charge is 0.481 e. The summed E-state index contributed by atoms with van der Waals surface area (Å²) in [6.07, 6.45) is 0. The Morgan fingerprint density at radius 1 is 0.893 bits per heavy atom. The third kappa shape index (κ3) is 3.22. The van der Waals surface area contributed by atoms with Gasteiger partial charge in [-0.3, -0.25) is 9.59 Å². The SMILES string of the molecule is O=C(O)[C@@H]1c2ccccc2C(=O)N(Cc2ccccc2)[C@@H]1c1ccccc1Br. The Labute approximate surface area is 171 Å². The van der Waals surface area contributed by atoms with Crippen LogP contribution in [0.1, 0.15) is 39.0 Å². The summed E-state index contributed by atoms with van der Waals surface area (Å²) < 4.78 is 0.788. The van der Waals surface area contributed by atoms with Crippen LogP contribution in [0.25, 0.3) is 0 Å². The van der Waals surface area contributed by atoms with Gasteiger partial charge >= 0.3 is 5.97 Å². The molecule has 1 heterocycles.